The van der Waals surface area contributed by atoms with E-state index in [0.717, 1.165) is 49.3 Å². The van der Waals surface area contributed by atoms with E-state index >= 15 is 0 Å². The van der Waals surface area contributed by atoms with E-state index in [1.54, 1.807) is 6.20 Å². The quantitative estimate of drug-likeness (QED) is 0.469. The largest absolute Gasteiger partial charge is 0.309 e. The molecule has 0 unspecified atom stereocenters. The Morgan fingerprint density at radius 3 is 2.66 bits per heavy atom. The van der Waals surface area contributed by atoms with Gasteiger partial charge in [-0.3, -0.25) is 9.78 Å². The summed E-state index contributed by atoms with van der Waals surface area (Å²) in [6.07, 6.45) is 9.02. The van der Waals surface area contributed by atoms with Gasteiger partial charge < -0.3 is 9.80 Å². The molecule has 0 atom stereocenters. The van der Waals surface area contributed by atoms with E-state index in [4.69, 9.17) is 11.6 Å². The molecule has 5 heteroatoms. The van der Waals surface area contributed by atoms with Gasteiger partial charge in [-0.25, -0.2) is 0 Å². The molecular formula is C27H28ClN3O. The van der Waals surface area contributed by atoms with Crippen LogP contribution in [0.1, 0.15) is 34.3 Å². The zero-order valence-corrected chi connectivity index (χ0v) is 19.3. The molecule has 0 bridgehead atoms. The van der Waals surface area contributed by atoms with Crippen LogP contribution in [0, 0.1) is 0 Å². The minimum Gasteiger partial charge on any atom is -0.309 e. The number of pyridine rings is 1. The topological polar surface area (TPSA) is 36.4 Å². The molecule has 2 heterocycles. The summed E-state index contributed by atoms with van der Waals surface area (Å²) >= 11 is 5.97. The SMILES string of the molecule is CN(C)CC/C=C/c1ccc2c(c1)CCCN2C(=O)c1ccc(-c2ccc(Cl)cc2)nc1. The third-order valence-electron chi connectivity index (χ3n) is 5.67. The molecule has 0 fully saturated rings. The number of aromatic nitrogens is 1. The Kier molecular flexibility index (Phi) is 7.03. The van der Waals surface area contributed by atoms with Gasteiger partial charge in [-0.2, -0.15) is 0 Å². The molecule has 3 aromatic rings. The molecule has 0 saturated heterocycles. The van der Waals surface area contributed by atoms with Crippen molar-refractivity contribution in [2.24, 2.45) is 0 Å². The number of benzene rings is 2. The highest BCUT2D eigenvalue weighted by atomic mass is 35.5. The Bertz CT molecular complexity index is 1100. The lowest BCUT2D eigenvalue weighted by molar-refractivity contribution is 0.0985. The van der Waals surface area contributed by atoms with Gasteiger partial charge in [-0.15, -0.1) is 0 Å². The number of fused-ring (bicyclic) bond motifs is 1. The maximum atomic E-state index is 13.3. The van der Waals surface area contributed by atoms with Crippen LogP contribution in [-0.4, -0.2) is 43.0 Å². The molecule has 164 valence electrons. The van der Waals surface area contributed by atoms with Crippen molar-refractivity contribution >= 4 is 29.3 Å². The van der Waals surface area contributed by atoms with Gasteiger partial charge in [-0.05, 0) is 80.9 Å². The van der Waals surface area contributed by atoms with Crippen molar-refractivity contribution in [1.82, 2.24) is 9.88 Å². The molecule has 0 spiro atoms. The van der Waals surface area contributed by atoms with Crippen molar-refractivity contribution in [3.05, 3.63) is 88.6 Å². The molecule has 4 nitrogen and oxygen atoms in total. The normalized spacial score (nSPS) is 13.6. The average Bonchev–Trinajstić information content (AvgIpc) is 2.81. The van der Waals surface area contributed by atoms with Crippen LogP contribution in [0.5, 0.6) is 0 Å². The molecule has 1 amide bonds. The lowest BCUT2D eigenvalue weighted by Crippen LogP contribution is -2.35. The van der Waals surface area contributed by atoms with Crippen LogP contribution < -0.4 is 4.90 Å². The van der Waals surface area contributed by atoms with Crippen molar-refractivity contribution < 1.29 is 4.79 Å². The maximum absolute atomic E-state index is 13.3. The average molecular weight is 446 g/mol. The highest BCUT2D eigenvalue weighted by Gasteiger charge is 2.24. The summed E-state index contributed by atoms with van der Waals surface area (Å²) in [7, 11) is 4.16. The number of rotatable bonds is 6. The number of carbonyl (C=O) groups is 1. The number of hydrogen-bond acceptors (Lipinski definition) is 3. The zero-order valence-electron chi connectivity index (χ0n) is 18.6. The van der Waals surface area contributed by atoms with E-state index in [-0.39, 0.29) is 5.91 Å². The summed E-state index contributed by atoms with van der Waals surface area (Å²) in [5, 5.41) is 0.691. The highest BCUT2D eigenvalue weighted by molar-refractivity contribution is 6.30. The van der Waals surface area contributed by atoms with Crippen molar-refractivity contribution in [1.29, 1.82) is 0 Å². The summed E-state index contributed by atoms with van der Waals surface area (Å²) in [6, 6.07) is 17.7. The van der Waals surface area contributed by atoms with E-state index in [9.17, 15) is 4.79 Å². The standard InChI is InChI=1S/C27H28ClN3O/c1-30(2)16-4-3-6-20-8-15-26-22(18-20)7-5-17-31(26)27(32)23-11-14-25(29-19-23)21-9-12-24(28)13-10-21/h3,6,8-15,18-19H,4-5,7,16-17H2,1-2H3/b6-3+. The Labute approximate surface area is 195 Å². The second kappa shape index (κ2) is 10.1. The van der Waals surface area contributed by atoms with E-state index in [1.807, 2.05) is 41.3 Å². The fraction of sp³-hybridized carbons (Fsp3) is 0.259. The number of halogens is 1. The number of carbonyl (C=O) groups excluding carboxylic acids is 1. The van der Waals surface area contributed by atoms with E-state index in [0.29, 0.717) is 10.6 Å². The third-order valence-corrected chi connectivity index (χ3v) is 5.92. The van der Waals surface area contributed by atoms with Crippen molar-refractivity contribution in [3.63, 3.8) is 0 Å². The highest BCUT2D eigenvalue weighted by Crippen LogP contribution is 2.30. The number of amides is 1. The predicted octanol–water partition coefficient (Wildman–Crippen LogP) is 5.96. The molecule has 32 heavy (non-hydrogen) atoms. The van der Waals surface area contributed by atoms with Gasteiger partial charge in [-0.1, -0.05) is 42.0 Å². The fourth-order valence-electron chi connectivity index (χ4n) is 3.95. The van der Waals surface area contributed by atoms with E-state index in [2.05, 4.69) is 54.3 Å². The van der Waals surface area contributed by atoms with Crippen LogP contribution in [0.4, 0.5) is 5.69 Å². The molecule has 4 rings (SSSR count). The first-order valence-corrected chi connectivity index (χ1v) is 11.4. The smallest absolute Gasteiger partial charge is 0.259 e. The minimum absolute atomic E-state index is 0.00428. The number of hydrogen-bond donors (Lipinski definition) is 0. The van der Waals surface area contributed by atoms with Gasteiger partial charge in [0.05, 0.1) is 11.3 Å². The third kappa shape index (κ3) is 5.26. The molecule has 0 aliphatic carbocycles. The van der Waals surface area contributed by atoms with Crippen LogP contribution >= 0.6 is 11.6 Å². The van der Waals surface area contributed by atoms with Gasteiger partial charge >= 0.3 is 0 Å². The van der Waals surface area contributed by atoms with Crippen LogP contribution in [0.15, 0.2) is 66.9 Å². The first-order valence-electron chi connectivity index (χ1n) is 11.0. The van der Waals surface area contributed by atoms with Crippen LogP contribution in [0.25, 0.3) is 17.3 Å². The Balaban J connectivity index is 1.50. The maximum Gasteiger partial charge on any atom is 0.259 e. The number of nitrogens with zero attached hydrogens (tertiary/aromatic N) is 3. The summed E-state index contributed by atoms with van der Waals surface area (Å²) < 4.78 is 0. The molecule has 0 radical (unpaired) electrons. The number of anilines is 1. The summed E-state index contributed by atoms with van der Waals surface area (Å²) in [5.74, 6) is -0.00428. The predicted molar refractivity (Wildman–Crippen MR) is 133 cm³/mol. The monoisotopic (exact) mass is 445 g/mol. The van der Waals surface area contributed by atoms with Gasteiger partial charge in [0.1, 0.15) is 0 Å². The first-order chi connectivity index (χ1) is 15.5. The van der Waals surface area contributed by atoms with Crippen LogP contribution in [0.3, 0.4) is 0 Å². The second-order valence-corrected chi connectivity index (χ2v) is 8.82. The zero-order chi connectivity index (χ0) is 22.5. The summed E-state index contributed by atoms with van der Waals surface area (Å²) in [6.45, 7) is 1.76. The summed E-state index contributed by atoms with van der Waals surface area (Å²) in [4.78, 5) is 21.8. The van der Waals surface area contributed by atoms with Crippen LogP contribution in [-0.2, 0) is 6.42 Å². The number of aryl methyl sites for hydroxylation is 1. The summed E-state index contributed by atoms with van der Waals surface area (Å²) in [5.41, 5.74) is 5.82. The second-order valence-electron chi connectivity index (χ2n) is 8.38. The molecule has 1 aromatic heterocycles. The van der Waals surface area contributed by atoms with Crippen molar-refractivity contribution in [3.8, 4) is 11.3 Å². The minimum atomic E-state index is -0.00428. The van der Waals surface area contributed by atoms with E-state index < -0.39 is 0 Å². The molecule has 1 aliphatic rings. The van der Waals surface area contributed by atoms with Crippen LogP contribution in [0.2, 0.25) is 5.02 Å². The lowest BCUT2D eigenvalue weighted by Gasteiger charge is -2.30. The Hall–Kier alpha value is -2.95. The van der Waals surface area contributed by atoms with Gasteiger partial charge in [0.25, 0.3) is 5.91 Å². The molecule has 0 saturated carbocycles. The molecule has 0 N–H and O–H groups in total. The Morgan fingerprint density at radius 2 is 1.94 bits per heavy atom. The van der Waals surface area contributed by atoms with Crippen molar-refractivity contribution in [2.45, 2.75) is 19.3 Å². The molecule has 1 aliphatic heterocycles. The Morgan fingerprint density at radius 1 is 1.12 bits per heavy atom. The first kappa shape index (κ1) is 22.3. The lowest BCUT2D eigenvalue weighted by atomic mass is 9.98. The fourth-order valence-corrected chi connectivity index (χ4v) is 4.08. The van der Waals surface area contributed by atoms with Gasteiger partial charge in [0, 0.05) is 35.6 Å². The van der Waals surface area contributed by atoms with Crippen molar-refractivity contribution in [2.75, 3.05) is 32.1 Å². The molecular weight excluding hydrogens is 418 g/mol. The molecule has 2 aromatic carbocycles. The van der Waals surface area contributed by atoms with Gasteiger partial charge in [0.15, 0.2) is 0 Å². The van der Waals surface area contributed by atoms with E-state index in [1.165, 1.54) is 11.1 Å². The van der Waals surface area contributed by atoms with Gasteiger partial charge in [0.2, 0.25) is 0 Å².